The van der Waals surface area contributed by atoms with Gasteiger partial charge in [0.05, 0.1) is 5.41 Å². The zero-order valence-corrected chi connectivity index (χ0v) is 8.62. The van der Waals surface area contributed by atoms with Gasteiger partial charge in [-0.25, -0.2) is 0 Å². The molecule has 0 atom stereocenters. The van der Waals surface area contributed by atoms with Crippen LogP contribution in [0.25, 0.3) is 0 Å². The molecule has 1 aliphatic rings. The number of hydrogen-bond donors (Lipinski definition) is 0. The van der Waals surface area contributed by atoms with E-state index < -0.39 is 5.41 Å². The molecule has 0 amide bonds. The molecular weight excluding hydrogens is 188 g/mol. The minimum atomic E-state index is -0.925. The van der Waals surface area contributed by atoms with Gasteiger partial charge >= 0.3 is 0 Å². The molecule has 0 saturated heterocycles. The highest BCUT2D eigenvalue weighted by atomic mass is 16.2. The second-order valence-electron chi connectivity index (χ2n) is 4.03. The summed E-state index contributed by atoms with van der Waals surface area (Å²) in [5.74, 6) is -0.161. The molecule has 2 nitrogen and oxygen atoms in total. The highest BCUT2D eigenvalue weighted by Gasteiger charge is 2.47. The molecule has 0 radical (unpaired) electrons. The smallest absolute Gasteiger partial charge is 0.177 e. The van der Waals surface area contributed by atoms with Crippen LogP contribution in [-0.2, 0) is 0 Å². The summed E-state index contributed by atoms with van der Waals surface area (Å²) in [5, 5.41) is 0. The molecule has 2 rings (SSSR count). The Kier molecular flexibility index (Phi) is 2.07. The molecule has 76 valence electrons. The first-order valence-corrected chi connectivity index (χ1v) is 4.91. The average molecular weight is 200 g/mol. The van der Waals surface area contributed by atoms with Crippen LogP contribution in [0.1, 0.15) is 34.1 Å². The molecular formula is C13H12O2. The summed E-state index contributed by atoms with van der Waals surface area (Å²) >= 11 is 0. The fraction of sp³-hybridized carbons (Fsp3) is 0.231. The van der Waals surface area contributed by atoms with Crippen molar-refractivity contribution in [2.24, 2.45) is 5.41 Å². The summed E-state index contributed by atoms with van der Waals surface area (Å²) < 4.78 is 0. The predicted octanol–water partition coefficient (Wildman–Crippen LogP) is 2.65. The lowest BCUT2D eigenvalue weighted by atomic mass is 9.82. The Hall–Kier alpha value is -1.70. The minimum absolute atomic E-state index is 0.0806. The Bertz CT molecular complexity index is 422. The highest BCUT2D eigenvalue weighted by Crippen LogP contribution is 2.39. The Morgan fingerprint density at radius 3 is 2.07 bits per heavy atom. The van der Waals surface area contributed by atoms with Crippen molar-refractivity contribution in [3.8, 4) is 0 Å². The molecule has 15 heavy (non-hydrogen) atoms. The highest BCUT2D eigenvalue weighted by molar-refractivity contribution is 6.29. The number of benzene rings is 1. The van der Waals surface area contributed by atoms with Gasteiger partial charge in [-0.3, -0.25) is 9.59 Å². The zero-order chi connectivity index (χ0) is 11.1. The molecule has 1 aromatic rings. The van der Waals surface area contributed by atoms with Crippen molar-refractivity contribution in [2.45, 2.75) is 13.3 Å². The van der Waals surface area contributed by atoms with Crippen LogP contribution in [0.4, 0.5) is 0 Å². The van der Waals surface area contributed by atoms with E-state index in [4.69, 9.17) is 0 Å². The first-order valence-electron chi connectivity index (χ1n) is 4.91. The van der Waals surface area contributed by atoms with Crippen molar-refractivity contribution in [1.82, 2.24) is 0 Å². The van der Waals surface area contributed by atoms with Crippen molar-refractivity contribution in [2.75, 3.05) is 0 Å². The van der Waals surface area contributed by atoms with E-state index >= 15 is 0 Å². The lowest BCUT2D eigenvalue weighted by molar-refractivity contribution is 0.0726. The van der Waals surface area contributed by atoms with Crippen LogP contribution >= 0.6 is 0 Å². The van der Waals surface area contributed by atoms with Crippen LogP contribution in [0.15, 0.2) is 36.9 Å². The van der Waals surface area contributed by atoms with E-state index in [0.29, 0.717) is 17.5 Å². The lowest BCUT2D eigenvalue weighted by Gasteiger charge is -2.17. The molecule has 0 heterocycles. The van der Waals surface area contributed by atoms with Gasteiger partial charge in [0, 0.05) is 11.1 Å². The van der Waals surface area contributed by atoms with Crippen molar-refractivity contribution in [3.05, 3.63) is 48.0 Å². The van der Waals surface area contributed by atoms with Crippen molar-refractivity contribution in [1.29, 1.82) is 0 Å². The normalized spacial score (nSPS) is 17.7. The second kappa shape index (κ2) is 3.16. The van der Waals surface area contributed by atoms with Crippen LogP contribution in [0.3, 0.4) is 0 Å². The van der Waals surface area contributed by atoms with Gasteiger partial charge in [0.15, 0.2) is 11.6 Å². The average Bonchev–Trinajstić information content (AvgIpc) is 2.43. The maximum atomic E-state index is 12.1. The number of rotatable bonds is 2. The van der Waals surface area contributed by atoms with Crippen LogP contribution in [0.2, 0.25) is 0 Å². The molecule has 0 N–H and O–H groups in total. The molecule has 0 spiro atoms. The third kappa shape index (κ3) is 1.18. The predicted molar refractivity (Wildman–Crippen MR) is 58.0 cm³/mol. The standard InChI is InChI=1S/C13H12O2/c1-3-8-13(2)11(14)9-6-4-5-7-10(9)12(13)15/h3-7H,1,8H2,2H3. The number of Topliss-reactive ketones (excluding diaryl/α,β-unsaturated/α-hetero) is 2. The summed E-state index contributed by atoms with van der Waals surface area (Å²) in [6.07, 6.45) is 2.03. The van der Waals surface area contributed by atoms with Gasteiger partial charge in [-0.15, -0.1) is 6.58 Å². The molecule has 2 heteroatoms. The zero-order valence-electron chi connectivity index (χ0n) is 8.62. The van der Waals surface area contributed by atoms with Gasteiger partial charge in [-0.05, 0) is 13.3 Å². The monoisotopic (exact) mass is 200 g/mol. The van der Waals surface area contributed by atoms with E-state index in [9.17, 15) is 9.59 Å². The van der Waals surface area contributed by atoms with E-state index in [1.165, 1.54) is 0 Å². The van der Waals surface area contributed by atoms with Crippen molar-refractivity contribution < 1.29 is 9.59 Å². The molecule has 1 aromatic carbocycles. The van der Waals surface area contributed by atoms with E-state index in [1.807, 2.05) is 0 Å². The second-order valence-corrected chi connectivity index (χ2v) is 4.03. The van der Waals surface area contributed by atoms with E-state index in [1.54, 1.807) is 37.3 Å². The Balaban J connectivity index is 2.59. The number of hydrogen-bond acceptors (Lipinski definition) is 2. The first-order chi connectivity index (χ1) is 7.11. The molecule has 0 aliphatic heterocycles. The van der Waals surface area contributed by atoms with Gasteiger partial charge < -0.3 is 0 Å². The minimum Gasteiger partial charge on any atom is -0.293 e. The Morgan fingerprint density at radius 1 is 1.20 bits per heavy atom. The molecule has 0 unspecified atom stereocenters. The van der Waals surface area contributed by atoms with Crippen molar-refractivity contribution >= 4 is 11.6 Å². The number of fused-ring (bicyclic) bond motifs is 1. The van der Waals surface area contributed by atoms with Crippen LogP contribution in [0.5, 0.6) is 0 Å². The third-order valence-corrected chi connectivity index (χ3v) is 2.97. The number of ketones is 2. The van der Waals surface area contributed by atoms with Gasteiger partial charge in [0.2, 0.25) is 0 Å². The van der Waals surface area contributed by atoms with Gasteiger partial charge in [-0.1, -0.05) is 30.3 Å². The van der Waals surface area contributed by atoms with Gasteiger partial charge in [0.25, 0.3) is 0 Å². The molecule has 0 aromatic heterocycles. The topological polar surface area (TPSA) is 34.1 Å². The molecule has 1 aliphatic carbocycles. The maximum Gasteiger partial charge on any atom is 0.177 e. The van der Waals surface area contributed by atoms with Gasteiger partial charge in [0.1, 0.15) is 0 Å². The largest absolute Gasteiger partial charge is 0.293 e. The first kappa shape index (κ1) is 9.84. The van der Waals surface area contributed by atoms with Crippen LogP contribution < -0.4 is 0 Å². The maximum absolute atomic E-state index is 12.1. The number of carbonyl (C=O) groups is 2. The Morgan fingerprint density at radius 2 is 1.67 bits per heavy atom. The lowest BCUT2D eigenvalue weighted by Crippen LogP contribution is -2.28. The van der Waals surface area contributed by atoms with Crippen LogP contribution in [-0.4, -0.2) is 11.6 Å². The quantitative estimate of drug-likeness (QED) is 0.543. The summed E-state index contributed by atoms with van der Waals surface area (Å²) in [7, 11) is 0. The molecule has 0 fully saturated rings. The summed E-state index contributed by atoms with van der Waals surface area (Å²) in [4.78, 5) is 24.1. The van der Waals surface area contributed by atoms with Gasteiger partial charge in [-0.2, -0.15) is 0 Å². The molecule has 0 bridgehead atoms. The van der Waals surface area contributed by atoms with Crippen molar-refractivity contribution in [3.63, 3.8) is 0 Å². The number of allylic oxidation sites excluding steroid dienone is 1. The van der Waals surface area contributed by atoms with Crippen LogP contribution in [0, 0.1) is 5.41 Å². The fourth-order valence-corrected chi connectivity index (χ4v) is 2.05. The summed E-state index contributed by atoms with van der Waals surface area (Å²) in [6, 6.07) is 6.99. The number of carbonyl (C=O) groups excluding carboxylic acids is 2. The summed E-state index contributed by atoms with van der Waals surface area (Å²) in [6.45, 7) is 5.29. The van der Waals surface area contributed by atoms with E-state index in [0.717, 1.165) is 0 Å². The fourth-order valence-electron chi connectivity index (χ4n) is 2.05. The summed E-state index contributed by atoms with van der Waals surface area (Å²) in [5.41, 5.74) is 0.171. The molecule has 0 saturated carbocycles. The SMILES string of the molecule is C=CCC1(C)C(=O)c2ccccc2C1=O. The van der Waals surface area contributed by atoms with E-state index in [2.05, 4.69) is 6.58 Å². The third-order valence-electron chi connectivity index (χ3n) is 2.97. The Labute approximate surface area is 88.6 Å². The van der Waals surface area contributed by atoms with E-state index in [-0.39, 0.29) is 11.6 Å².